The number of hydrogen-bond acceptors (Lipinski definition) is 12. The highest BCUT2D eigenvalue weighted by Crippen LogP contribution is 2.28. The smallest absolute Gasteiger partial charge is 0.324 e. The van der Waals surface area contributed by atoms with Crippen molar-refractivity contribution in [1.82, 2.24) is 35.0 Å². The number of nitrogen functional groups attached to an aromatic ring is 1. The zero-order valence-electron chi connectivity index (χ0n) is 20.6. The fraction of sp³-hybridized carbons (Fsp3) is 0.435. The molecule has 1 aliphatic heterocycles. The van der Waals surface area contributed by atoms with Gasteiger partial charge in [-0.25, -0.2) is 4.98 Å². The number of aromatic nitrogens is 6. The number of aryl methyl sites for hydroxylation is 1. The van der Waals surface area contributed by atoms with Gasteiger partial charge < -0.3 is 30.2 Å². The average molecular weight is 509 g/mol. The SMILES string of the molecule is CCNC(=O)c1nc(OCOC#N)nc(N2CCC(COc3cc(-c4cnn(C)c4)cnc3N)CC2)n1. The van der Waals surface area contributed by atoms with E-state index < -0.39 is 5.91 Å². The molecule has 0 radical (unpaired) electrons. The zero-order chi connectivity index (χ0) is 26.2. The molecule has 1 fully saturated rings. The van der Waals surface area contributed by atoms with Crippen molar-refractivity contribution in [3.63, 3.8) is 0 Å². The fourth-order valence-corrected chi connectivity index (χ4v) is 3.81. The van der Waals surface area contributed by atoms with Crippen molar-refractivity contribution >= 4 is 17.7 Å². The van der Waals surface area contributed by atoms with E-state index in [0.29, 0.717) is 43.8 Å². The molecule has 4 heterocycles. The zero-order valence-corrected chi connectivity index (χ0v) is 20.6. The van der Waals surface area contributed by atoms with E-state index >= 15 is 0 Å². The molecule has 0 aromatic carbocycles. The Morgan fingerprint density at radius 2 is 2.03 bits per heavy atom. The molecule has 0 aliphatic carbocycles. The maximum absolute atomic E-state index is 12.3. The summed E-state index contributed by atoms with van der Waals surface area (Å²) >= 11 is 0. The van der Waals surface area contributed by atoms with Gasteiger partial charge in [-0.1, -0.05) is 0 Å². The third kappa shape index (κ3) is 6.51. The third-order valence-corrected chi connectivity index (χ3v) is 5.75. The second-order valence-electron chi connectivity index (χ2n) is 8.35. The van der Waals surface area contributed by atoms with Crippen LogP contribution in [0.25, 0.3) is 11.1 Å². The molecule has 0 bridgehead atoms. The monoisotopic (exact) mass is 508 g/mol. The van der Waals surface area contributed by atoms with Crippen LogP contribution in [-0.2, 0) is 11.8 Å². The molecule has 0 saturated carbocycles. The van der Waals surface area contributed by atoms with E-state index in [-0.39, 0.29) is 24.5 Å². The van der Waals surface area contributed by atoms with Gasteiger partial charge in [0.2, 0.25) is 18.6 Å². The first-order chi connectivity index (χ1) is 18.0. The number of nitrogens with one attached hydrogen (secondary N) is 1. The van der Waals surface area contributed by atoms with Gasteiger partial charge in [0.1, 0.15) is 0 Å². The van der Waals surface area contributed by atoms with Crippen molar-refractivity contribution in [2.24, 2.45) is 13.0 Å². The van der Waals surface area contributed by atoms with Gasteiger partial charge in [-0.3, -0.25) is 9.48 Å². The van der Waals surface area contributed by atoms with Crippen molar-refractivity contribution in [2.45, 2.75) is 19.8 Å². The molecule has 14 heteroatoms. The molecule has 1 amide bonds. The van der Waals surface area contributed by atoms with E-state index in [0.717, 1.165) is 24.0 Å². The lowest BCUT2D eigenvalue weighted by Crippen LogP contribution is -2.37. The number of nitriles is 1. The summed E-state index contributed by atoms with van der Waals surface area (Å²) in [6.45, 7) is 3.62. The molecule has 37 heavy (non-hydrogen) atoms. The van der Waals surface area contributed by atoms with Gasteiger partial charge in [-0.2, -0.15) is 25.3 Å². The van der Waals surface area contributed by atoms with Gasteiger partial charge in [-0.15, -0.1) is 0 Å². The number of carbonyl (C=O) groups excluding carboxylic acids is 1. The Kier molecular flexibility index (Phi) is 8.14. The van der Waals surface area contributed by atoms with Crippen LogP contribution in [0.15, 0.2) is 24.7 Å². The first-order valence-corrected chi connectivity index (χ1v) is 11.8. The minimum Gasteiger partial charge on any atom is -0.489 e. The van der Waals surface area contributed by atoms with Crippen LogP contribution < -0.4 is 25.4 Å². The summed E-state index contributed by atoms with van der Waals surface area (Å²) in [5.41, 5.74) is 7.85. The van der Waals surface area contributed by atoms with Crippen LogP contribution in [-0.4, -0.2) is 68.7 Å². The maximum Gasteiger partial charge on any atom is 0.324 e. The van der Waals surface area contributed by atoms with E-state index in [1.165, 1.54) is 6.26 Å². The van der Waals surface area contributed by atoms with Crippen LogP contribution in [0.2, 0.25) is 0 Å². The number of hydrogen-bond donors (Lipinski definition) is 2. The lowest BCUT2D eigenvalue weighted by molar-refractivity contribution is 0.0811. The average Bonchev–Trinajstić information content (AvgIpc) is 3.35. The molecule has 1 saturated heterocycles. The van der Waals surface area contributed by atoms with E-state index in [4.69, 9.17) is 20.5 Å². The molecule has 4 rings (SSSR count). The highest BCUT2D eigenvalue weighted by Gasteiger charge is 2.24. The Hall–Kier alpha value is -4.67. The predicted molar refractivity (Wildman–Crippen MR) is 131 cm³/mol. The summed E-state index contributed by atoms with van der Waals surface area (Å²) < 4.78 is 17.6. The third-order valence-electron chi connectivity index (χ3n) is 5.75. The Morgan fingerprint density at radius 1 is 1.22 bits per heavy atom. The standard InChI is InChI=1S/C23H28N10O4/c1-3-26-21(34)20-29-22(31-23(30-20)37-14-35-13-24)33-6-4-15(5-7-33)12-36-18-8-16(9-27-19(18)25)17-10-28-32(2)11-17/h8-11,15H,3-7,12,14H2,1-2H3,(H2,25,27)(H,26,34). The van der Waals surface area contributed by atoms with Crippen molar-refractivity contribution in [3.8, 4) is 29.1 Å². The molecule has 3 N–H and O–H groups in total. The number of amides is 1. The number of ether oxygens (including phenoxy) is 3. The molecular weight excluding hydrogens is 480 g/mol. The maximum atomic E-state index is 12.3. The quantitative estimate of drug-likeness (QED) is 0.227. The Bertz CT molecular complexity index is 1270. The minimum absolute atomic E-state index is 0.0688. The highest BCUT2D eigenvalue weighted by molar-refractivity contribution is 5.90. The number of rotatable bonds is 10. The summed E-state index contributed by atoms with van der Waals surface area (Å²) in [7, 11) is 1.85. The summed E-state index contributed by atoms with van der Waals surface area (Å²) in [6.07, 6.45) is 8.49. The summed E-state index contributed by atoms with van der Waals surface area (Å²) in [5, 5.41) is 15.4. The number of nitrogens with zero attached hydrogens (tertiary/aromatic N) is 8. The van der Waals surface area contributed by atoms with E-state index in [1.807, 2.05) is 24.2 Å². The number of carbonyl (C=O) groups is 1. The van der Waals surface area contributed by atoms with Crippen molar-refractivity contribution < 1.29 is 19.0 Å². The topological polar surface area (TPSA) is 179 Å². The molecule has 1 aliphatic rings. The number of anilines is 2. The van der Waals surface area contributed by atoms with E-state index in [2.05, 4.69) is 35.1 Å². The molecule has 0 unspecified atom stereocenters. The summed E-state index contributed by atoms with van der Waals surface area (Å²) in [6, 6.07) is 1.78. The molecule has 0 spiro atoms. The Morgan fingerprint density at radius 3 is 2.73 bits per heavy atom. The van der Waals surface area contributed by atoms with Crippen molar-refractivity contribution in [2.75, 3.05) is 43.7 Å². The second kappa shape index (κ2) is 11.8. The van der Waals surface area contributed by atoms with Crippen LogP contribution in [0.5, 0.6) is 11.8 Å². The van der Waals surface area contributed by atoms with Gasteiger partial charge >= 0.3 is 6.01 Å². The molecule has 0 atom stereocenters. The fourth-order valence-electron chi connectivity index (χ4n) is 3.81. The first kappa shape index (κ1) is 25.4. The first-order valence-electron chi connectivity index (χ1n) is 11.8. The highest BCUT2D eigenvalue weighted by atomic mass is 16.7. The Balaban J connectivity index is 1.38. The number of piperidine rings is 1. The van der Waals surface area contributed by atoms with Gasteiger partial charge in [0.15, 0.2) is 11.6 Å². The van der Waals surface area contributed by atoms with Crippen LogP contribution in [0.3, 0.4) is 0 Å². The Labute approximate surface area is 213 Å². The van der Waals surface area contributed by atoms with Crippen molar-refractivity contribution in [1.29, 1.82) is 5.26 Å². The second-order valence-corrected chi connectivity index (χ2v) is 8.35. The van der Waals surface area contributed by atoms with Crippen LogP contribution in [0.4, 0.5) is 11.8 Å². The van der Waals surface area contributed by atoms with Crippen LogP contribution in [0, 0.1) is 17.4 Å². The van der Waals surface area contributed by atoms with E-state index in [9.17, 15) is 4.79 Å². The van der Waals surface area contributed by atoms with Gasteiger partial charge in [0, 0.05) is 50.2 Å². The largest absolute Gasteiger partial charge is 0.489 e. The number of pyridine rings is 1. The molecular formula is C23H28N10O4. The normalized spacial score (nSPS) is 13.6. The van der Waals surface area contributed by atoms with Gasteiger partial charge in [-0.05, 0) is 31.7 Å². The van der Waals surface area contributed by atoms with E-state index in [1.54, 1.807) is 24.0 Å². The number of nitrogens with two attached hydrogens (primary N) is 1. The van der Waals surface area contributed by atoms with Gasteiger partial charge in [0.05, 0.1) is 12.8 Å². The van der Waals surface area contributed by atoms with Crippen LogP contribution in [0.1, 0.15) is 30.4 Å². The summed E-state index contributed by atoms with van der Waals surface area (Å²) in [5.74, 6) is 0.957. The molecule has 14 nitrogen and oxygen atoms in total. The minimum atomic E-state index is -0.444. The molecule has 194 valence electrons. The lowest BCUT2D eigenvalue weighted by Gasteiger charge is -2.32. The van der Waals surface area contributed by atoms with Crippen molar-refractivity contribution in [3.05, 3.63) is 30.5 Å². The lowest BCUT2D eigenvalue weighted by atomic mass is 9.98. The molecule has 3 aromatic rings. The van der Waals surface area contributed by atoms with Gasteiger partial charge in [0.25, 0.3) is 12.2 Å². The molecule has 3 aromatic heterocycles. The predicted octanol–water partition coefficient (Wildman–Crippen LogP) is 1.13. The summed E-state index contributed by atoms with van der Waals surface area (Å²) in [4.78, 5) is 31.2. The van der Waals surface area contributed by atoms with Crippen LogP contribution >= 0.6 is 0 Å².